The van der Waals surface area contributed by atoms with E-state index in [4.69, 9.17) is 11.6 Å². The molecule has 60 valence electrons. The minimum atomic E-state index is -0.437. The number of aromatic nitrogens is 1. The lowest BCUT2D eigenvalue weighted by atomic mass is 10.4. The lowest BCUT2D eigenvalue weighted by Gasteiger charge is -1.94. The van der Waals surface area contributed by atoms with E-state index >= 15 is 0 Å². The molecule has 0 spiro atoms. The van der Waals surface area contributed by atoms with Gasteiger partial charge in [-0.15, -0.1) is 0 Å². The Labute approximate surface area is 86.0 Å². The quantitative estimate of drug-likeness (QED) is 0.590. The van der Waals surface area contributed by atoms with Crippen LogP contribution in [0, 0.1) is 3.70 Å². The van der Waals surface area contributed by atoms with E-state index in [1.807, 2.05) is 22.6 Å². The molecular weight excluding hydrogens is 300 g/mol. The zero-order valence-corrected chi connectivity index (χ0v) is 9.16. The molecule has 6 heteroatoms. The van der Waals surface area contributed by atoms with Crippen molar-refractivity contribution in [3.8, 4) is 0 Å². The molecule has 0 N–H and O–H groups in total. The molecule has 0 saturated heterocycles. The summed E-state index contributed by atoms with van der Waals surface area (Å²) < 4.78 is 9.34. The van der Waals surface area contributed by atoms with Crippen LogP contribution in [0.15, 0.2) is 0 Å². The Morgan fingerprint density at radius 3 is 2.82 bits per heavy atom. The molecule has 1 aromatic rings. The molecule has 1 aromatic heterocycles. The van der Waals surface area contributed by atoms with Crippen molar-refractivity contribution in [2.24, 2.45) is 0 Å². The number of esters is 1. The topological polar surface area (TPSA) is 39.2 Å². The van der Waals surface area contributed by atoms with Gasteiger partial charge in [-0.3, -0.25) is 0 Å². The number of rotatable bonds is 1. The smallest absolute Gasteiger partial charge is 0.343 e. The number of carbonyl (C=O) groups excluding carboxylic acids is 1. The van der Waals surface area contributed by atoms with Crippen LogP contribution in [0.1, 0.15) is 10.4 Å². The van der Waals surface area contributed by atoms with Crippen molar-refractivity contribution >= 4 is 51.7 Å². The van der Waals surface area contributed by atoms with E-state index < -0.39 is 5.97 Å². The van der Waals surface area contributed by atoms with Crippen molar-refractivity contribution in [1.29, 1.82) is 0 Å². The molecule has 0 saturated carbocycles. The summed E-state index contributed by atoms with van der Waals surface area (Å²) >= 11 is 8.68. The summed E-state index contributed by atoms with van der Waals surface area (Å²) in [5.41, 5.74) is 0.361. The lowest BCUT2D eigenvalue weighted by Crippen LogP contribution is -2.01. The Hall–Kier alpha value is 0.120. The van der Waals surface area contributed by atoms with Crippen LogP contribution in [0.5, 0.6) is 0 Å². The van der Waals surface area contributed by atoms with Gasteiger partial charge < -0.3 is 4.74 Å². The second kappa shape index (κ2) is 3.68. The van der Waals surface area contributed by atoms with Gasteiger partial charge in [0.2, 0.25) is 0 Å². The zero-order valence-electron chi connectivity index (χ0n) is 5.43. The van der Waals surface area contributed by atoms with E-state index in [0.29, 0.717) is 13.6 Å². The maximum atomic E-state index is 11.0. The van der Waals surface area contributed by atoms with Crippen LogP contribution < -0.4 is 0 Å². The Balaban J connectivity index is 3.10. The summed E-state index contributed by atoms with van der Waals surface area (Å²) in [6, 6.07) is 0. The number of ether oxygens (including phenoxy) is 1. The number of methoxy groups -OCH3 is 1. The molecule has 0 radical (unpaired) electrons. The lowest BCUT2D eigenvalue weighted by molar-refractivity contribution is 0.0600. The largest absolute Gasteiger partial charge is 0.465 e. The molecule has 0 atom stereocenters. The van der Waals surface area contributed by atoms with Crippen LogP contribution >= 0.6 is 45.7 Å². The zero-order chi connectivity index (χ0) is 8.43. The number of nitrogens with zero attached hydrogens (tertiary/aromatic N) is 1. The van der Waals surface area contributed by atoms with Crippen LogP contribution in [-0.4, -0.2) is 17.5 Å². The maximum absolute atomic E-state index is 11.0. The minimum Gasteiger partial charge on any atom is -0.465 e. The predicted molar refractivity (Wildman–Crippen MR) is 51.2 cm³/mol. The van der Waals surface area contributed by atoms with Crippen LogP contribution in [0.3, 0.4) is 0 Å². The maximum Gasteiger partial charge on any atom is 0.343 e. The highest BCUT2D eigenvalue weighted by atomic mass is 127. The molecule has 0 aliphatic carbocycles. The normalized spacial score (nSPS) is 9.73. The Morgan fingerprint density at radius 1 is 1.82 bits per heavy atom. The number of halogens is 2. The first-order valence-corrected chi connectivity index (χ1v) is 4.78. The average Bonchev–Trinajstić information content (AvgIpc) is 2.30. The van der Waals surface area contributed by atoms with Crippen LogP contribution in [0.2, 0.25) is 4.34 Å². The molecule has 0 aromatic carbocycles. The third kappa shape index (κ3) is 1.83. The third-order valence-electron chi connectivity index (χ3n) is 0.998. The van der Waals surface area contributed by atoms with Crippen LogP contribution in [-0.2, 0) is 4.74 Å². The van der Waals surface area contributed by atoms with Gasteiger partial charge in [0.15, 0.2) is 0 Å². The average molecular weight is 304 g/mol. The van der Waals surface area contributed by atoms with Gasteiger partial charge in [-0.1, -0.05) is 11.6 Å². The van der Waals surface area contributed by atoms with Gasteiger partial charge in [0, 0.05) is 0 Å². The first-order valence-electron chi connectivity index (χ1n) is 2.55. The van der Waals surface area contributed by atoms with Gasteiger partial charge in [0.25, 0.3) is 0 Å². The predicted octanol–water partition coefficient (Wildman–Crippen LogP) is 2.19. The highest BCUT2D eigenvalue weighted by Gasteiger charge is 2.17. The van der Waals surface area contributed by atoms with E-state index in [1.54, 1.807) is 0 Å². The Morgan fingerprint density at radius 2 is 2.45 bits per heavy atom. The Bertz CT molecular complexity index is 269. The van der Waals surface area contributed by atoms with Gasteiger partial charge in [-0.25, -0.2) is 4.79 Å². The minimum absolute atomic E-state index is 0.361. The van der Waals surface area contributed by atoms with Crippen LogP contribution in [0.4, 0.5) is 0 Å². The van der Waals surface area contributed by atoms with E-state index in [-0.39, 0.29) is 0 Å². The summed E-state index contributed by atoms with van der Waals surface area (Å²) in [6.45, 7) is 0. The summed E-state index contributed by atoms with van der Waals surface area (Å²) in [6.07, 6.45) is 0. The second-order valence-electron chi connectivity index (χ2n) is 1.61. The summed E-state index contributed by atoms with van der Waals surface area (Å²) in [5.74, 6) is -0.437. The molecule has 0 unspecified atom stereocenters. The van der Waals surface area contributed by atoms with Crippen molar-refractivity contribution in [1.82, 2.24) is 4.37 Å². The van der Waals surface area contributed by atoms with Crippen molar-refractivity contribution in [2.75, 3.05) is 7.11 Å². The second-order valence-corrected chi connectivity index (χ2v) is 4.01. The molecule has 1 rings (SSSR count). The van der Waals surface area contributed by atoms with Crippen molar-refractivity contribution in [2.45, 2.75) is 0 Å². The van der Waals surface area contributed by atoms with Gasteiger partial charge in [0.05, 0.1) is 7.11 Å². The number of carbonyl (C=O) groups is 1. The fraction of sp³-hybridized carbons (Fsp3) is 0.200. The number of hydrogen-bond donors (Lipinski definition) is 0. The summed E-state index contributed by atoms with van der Waals surface area (Å²) in [4.78, 5) is 11.0. The molecule has 0 bridgehead atoms. The molecule has 0 aliphatic heterocycles. The fourth-order valence-electron chi connectivity index (χ4n) is 0.519. The molecule has 0 aliphatic rings. The summed E-state index contributed by atoms with van der Waals surface area (Å²) in [7, 11) is 1.31. The van der Waals surface area contributed by atoms with Gasteiger partial charge in [-0.2, -0.15) is 4.37 Å². The molecular formula is C5H3ClINO2S. The first kappa shape index (κ1) is 9.21. The Kier molecular flexibility index (Phi) is 3.08. The summed E-state index contributed by atoms with van der Waals surface area (Å²) in [5, 5.41) is 0. The van der Waals surface area contributed by atoms with Gasteiger partial charge in [0.1, 0.15) is 13.6 Å². The highest BCUT2D eigenvalue weighted by Crippen LogP contribution is 2.25. The van der Waals surface area contributed by atoms with Gasteiger partial charge >= 0.3 is 5.97 Å². The van der Waals surface area contributed by atoms with Gasteiger partial charge in [-0.05, 0) is 34.1 Å². The third-order valence-corrected chi connectivity index (χ3v) is 3.14. The van der Waals surface area contributed by atoms with E-state index in [2.05, 4.69) is 9.11 Å². The molecule has 3 nitrogen and oxygen atoms in total. The van der Waals surface area contributed by atoms with Crippen LogP contribution in [0.25, 0.3) is 0 Å². The molecule has 11 heavy (non-hydrogen) atoms. The van der Waals surface area contributed by atoms with Crippen molar-refractivity contribution < 1.29 is 9.53 Å². The molecule has 0 fully saturated rings. The van der Waals surface area contributed by atoms with Crippen molar-refractivity contribution in [3.05, 3.63) is 13.6 Å². The van der Waals surface area contributed by atoms with E-state index in [1.165, 1.54) is 7.11 Å². The van der Waals surface area contributed by atoms with E-state index in [0.717, 1.165) is 11.5 Å². The van der Waals surface area contributed by atoms with Crippen molar-refractivity contribution in [3.63, 3.8) is 0 Å². The standard InChI is InChI=1S/C5H3ClINO2S/c1-10-5(9)2-3(6)11-8-4(2)7/h1H3. The first-order chi connectivity index (χ1) is 5.16. The molecule has 1 heterocycles. The SMILES string of the molecule is COC(=O)c1c(I)nsc1Cl. The monoisotopic (exact) mass is 303 g/mol. The number of hydrogen-bond acceptors (Lipinski definition) is 4. The molecule has 0 amide bonds. The highest BCUT2D eigenvalue weighted by molar-refractivity contribution is 14.1. The van der Waals surface area contributed by atoms with E-state index in [9.17, 15) is 4.79 Å². The fourth-order valence-corrected chi connectivity index (χ4v) is 2.44.